The molecule has 0 radical (unpaired) electrons. The predicted molar refractivity (Wildman–Crippen MR) is 102 cm³/mol. The van der Waals surface area contributed by atoms with Crippen molar-refractivity contribution >= 4 is 11.8 Å². The molecule has 2 fully saturated rings. The minimum Gasteiger partial charge on any atom is -0.364 e. The number of hydrogen-bond acceptors (Lipinski definition) is 4. The van der Waals surface area contributed by atoms with Crippen LogP contribution in [0.5, 0.6) is 0 Å². The molecule has 1 aliphatic carbocycles. The molecular weight excluding hydrogens is 342 g/mol. The third-order valence-electron chi connectivity index (χ3n) is 5.36. The van der Waals surface area contributed by atoms with Crippen molar-refractivity contribution in [3.8, 4) is 5.69 Å². The molecule has 1 aliphatic heterocycles. The second-order valence-corrected chi connectivity index (χ2v) is 7.44. The van der Waals surface area contributed by atoms with Crippen LogP contribution in [0.15, 0.2) is 36.4 Å². The Labute approximate surface area is 158 Å². The molecule has 0 bridgehead atoms. The van der Waals surface area contributed by atoms with Gasteiger partial charge in [0.2, 0.25) is 0 Å². The molecule has 1 aromatic carbocycles. The van der Waals surface area contributed by atoms with Crippen LogP contribution in [0, 0.1) is 5.92 Å². The number of piperidine rings is 1. The van der Waals surface area contributed by atoms with Crippen LogP contribution in [0.1, 0.15) is 46.7 Å². The van der Waals surface area contributed by atoms with E-state index in [0.29, 0.717) is 24.8 Å². The van der Waals surface area contributed by atoms with E-state index in [9.17, 15) is 9.59 Å². The summed E-state index contributed by atoms with van der Waals surface area (Å²) in [4.78, 5) is 26.5. The Balaban J connectivity index is 1.45. The van der Waals surface area contributed by atoms with Crippen molar-refractivity contribution in [2.24, 2.45) is 11.7 Å². The number of carbonyl (C=O) groups excluding carboxylic acids is 2. The number of carbonyl (C=O) groups is 2. The molecule has 2 amide bonds. The predicted octanol–water partition coefficient (Wildman–Crippen LogP) is 1.58. The van der Waals surface area contributed by atoms with E-state index in [-0.39, 0.29) is 17.3 Å². The maximum Gasteiger partial charge on any atom is 0.274 e. The van der Waals surface area contributed by atoms with E-state index in [2.05, 4.69) is 10.4 Å². The fraction of sp³-hybridized carbons (Fsp3) is 0.450. The van der Waals surface area contributed by atoms with Crippen LogP contribution >= 0.6 is 0 Å². The van der Waals surface area contributed by atoms with Gasteiger partial charge >= 0.3 is 0 Å². The van der Waals surface area contributed by atoms with Crippen molar-refractivity contribution in [2.45, 2.75) is 31.7 Å². The van der Waals surface area contributed by atoms with Gasteiger partial charge in [-0.1, -0.05) is 18.2 Å². The average Bonchev–Trinajstić information content (AvgIpc) is 3.42. The number of hydrogen-bond donors (Lipinski definition) is 2. The molecule has 7 heteroatoms. The van der Waals surface area contributed by atoms with Gasteiger partial charge in [0.25, 0.3) is 11.8 Å². The third-order valence-corrected chi connectivity index (χ3v) is 5.36. The summed E-state index contributed by atoms with van der Waals surface area (Å²) in [5.74, 6) is 0.111. The number of nitrogens with one attached hydrogen (secondary N) is 1. The Morgan fingerprint density at radius 2 is 1.81 bits per heavy atom. The van der Waals surface area contributed by atoms with Gasteiger partial charge in [-0.3, -0.25) is 9.59 Å². The number of nitrogens with zero attached hydrogens (tertiary/aromatic N) is 3. The number of primary amides is 1. The first kappa shape index (κ1) is 17.7. The zero-order chi connectivity index (χ0) is 18.8. The van der Waals surface area contributed by atoms with Gasteiger partial charge < -0.3 is 16.0 Å². The molecule has 27 heavy (non-hydrogen) atoms. The lowest BCUT2D eigenvalue weighted by Crippen LogP contribution is -2.45. The normalized spacial score (nSPS) is 17.9. The van der Waals surface area contributed by atoms with Gasteiger partial charge in [0.15, 0.2) is 5.69 Å². The first-order chi connectivity index (χ1) is 13.1. The number of nitrogens with two attached hydrogens (primary N) is 1. The molecule has 0 atom stereocenters. The summed E-state index contributed by atoms with van der Waals surface area (Å²) < 4.78 is 1.44. The summed E-state index contributed by atoms with van der Waals surface area (Å²) in [6.45, 7) is 2.50. The monoisotopic (exact) mass is 367 g/mol. The largest absolute Gasteiger partial charge is 0.364 e. The summed E-state index contributed by atoms with van der Waals surface area (Å²) in [6, 6.07) is 11.2. The highest BCUT2D eigenvalue weighted by Crippen LogP contribution is 2.28. The van der Waals surface area contributed by atoms with E-state index in [4.69, 9.17) is 5.73 Å². The van der Waals surface area contributed by atoms with Gasteiger partial charge in [0.1, 0.15) is 5.69 Å². The van der Waals surface area contributed by atoms with Crippen LogP contribution in [0.3, 0.4) is 0 Å². The molecular formula is C20H25N5O2. The van der Waals surface area contributed by atoms with Gasteiger partial charge in [0.05, 0.1) is 5.69 Å². The summed E-state index contributed by atoms with van der Waals surface area (Å²) >= 11 is 0. The lowest BCUT2D eigenvalue weighted by molar-refractivity contribution is 0.0698. The molecule has 142 valence electrons. The SMILES string of the molecule is NC(=O)c1cc(C(=O)N2CCC(NCC3CC3)CC2)nn1-c1ccccc1. The van der Waals surface area contributed by atoms with Gasteiger partial charge in [0, 0.05) is 25.2 Å². The van der Waals surface area contributed by atoms with E-state index in [1.54, 1.807) is 0 Å². The van der Waals surface area contributed by atoms with Crippen molar-refractivity contribution in [3.63, 3.8) is 0 Å². The number of rotatable bonds is 6. The zero-order valence-electron chi connectivity index (χ0n) is 15.3. The highest BCUT2D eigenvalue weighted by atomic mass is 16.2. The van der Waals surface area contributed by atoms with Crippen molar-refractivity contribution in [1.29, 1.82) is 0 Å². The Hall–Kier alpha value is -2.67. The standard InChI is InChI=1S/C20H25N5O2/c21-19(26)18-12-17(23-25(18)16-4-2-1-3-5-16)20(27)24-10-8-15(9-11-24)22-13-14-6-7-14/h1-5,12,14-15,22H,6-11,13H2,(H2,21,26). The minimum atomic E-state index is -0.603. The third kappa shape index (κ3) is 4.03. The summed E-state index contributed by atoms with van der Waals surface area (Å²) in [5, 5.41) is 7.99. The quantitative estimate of drug-likeness (QED) is 0.811. The number of para-hydroxylation sites is 1. The maximum absolute atomic E-state index is 12.9. The van der Waals surface area contributed by atoms with Crippen LogP contribution in [-0.4, -0.2) is 52.2 Å². The molecule has 2 heterocycles. The average molecular weight is 367 g/mol. The van der Waals surface area contributed by atoms with E-state index in [0.717, 1.165) is 25.3 Å². The Bertz CT molecular complexity index is 820. The van der Waals surface area contributed by atoms with E-state index >= 15 is 0 Å². The molecule has 4 rings (SSSR count). The molecule has 1 saturated carbocycles. The van der Waals surface area contributed by atoms with Crippen molar-refractivity contribution in [2.75, 3.05) is 19.6 Å². The maximum atomic E-state index is 12.9. The zero-order valence-corrected chi connectivity index (χ0v) is 15.3. The Morgan fingerprint density at radius 3 is 2.44 bits per heavy atom. The van der Waals surface area contributed by atoms with E-state index in [1.807, 2.05) is 35.2 Å². The fourth-order valence-electron chi connectivity index (χ4n) is 3.53. The van der Waals surface area contributed by atoms with Gasteiger partial charge in [-0.25, -0.2) is 4.68 Å². The van der Waals surface area contributed by atoms with Crippen LogP contribution < -0.4 is 11.1 Å². The van der Waals surface area contributed by atoms with Gasteiger partial charge in [-0.2, -0.15) is 5.10 Å². The van der Waals surface area contributed by atoms with E-state index < -0.39 is 5.91 Å². The molecule has 0 spiro atoms. The van der Waals surface area contributed by atoms with Crippen LogP contribution in [-0.2, 0) is 0 Å². The number of likely N-dealkylation sites (tertiary alicyclic amines) is 1. The second-order valence-electron chi connectivity index (χ2n) is 7.44. The number of benzene rings is 1. The van der Waals surface area contributed by atoms with Crippen molar-refractivity contribution in [1.82, 2.24) is 20.0 Å². The summed E-state index contributed by atoms with van der Waals surface area (Å²) in [6.07, 6.45) is 4.58. The molecule has 7 nitrogen and oxygen atoms in total. The smallest absolute Gasteiger partial charge is 0.274 e. The summed E-state index contributed by atoms with van der Waals surface area (Å²) in [5.41, 5.74) is 6.67. The first-order valence-corrected chi connectivity index (χ1v) is 9.60. The molecule has 0 unspecified atom stereocenters. The highest BCUT2D eigenvalue weighted by molar-refractivity contribution is 5.97. The molecule has 1 aromatic heterocycles. The second kappa shape index (κ2) is 7.52. The van der Waals surface area contributed by atoms with E-state index in [1.165, 1.54) is 23.6 Å². The number of amides is 2. The fourth-order valence-corrected chi connectivity index (χ4v) is 3.53. The minimum absolute atomic E-state index is 0.146. The topological polar surface area (TPSA) is 93.2 Å². The van der Waals surface area contributed by atoms with Crippen molar-refractivity contribution < 1.29 is 9.59 Å². The molecule has 3 N–H and O–H groups in total. The molecule has 2 aliphatic rings. The first-order valence-electron chi connectivity index (χ1n) is 9.60. The Morgan fingerprint density at radius 1 is 1.11 bits per heavy atom. The number of aromatic nitrogens is 2. The highest BCUT2D eigenvalue weighted by Gasteiger charge is 2.28. The van der Waals surface area contributed by atoms with Crippen LogP contribution in [0.2, 0.25) is 0 Å². The van der Waals surface area contributed by atoms with Gasteiger partial charge in [-0.15, -0.1) is 0 Å². The molecule has 2 aromatic rings. The van der Waals surface area contributed by atoms with Crippen molar-refractivity contribution in [3.05, 3.63) is 47.8 Å². The molecule has 1 saturated heterocycles. The lowest BCUT2D eigenvalue weighted by atomic mass is 10.0. The lowest BCUT2D eigenvalue weighted by Gasteiger charge is -2.32. The van der Waals surface area contributed by atoms with Crippen LogP contribution in [0.25, 0.3) is 5.69 Å². The summed E-state index contributed by atoms with van der Waals surface area (Å²) in [7, 11) is 0. The van der Waals surface area contributed by atoms with Gasteiger partial charge in [-0.05, 0) is 50.3 Å². The Kier molecular flexibility index (Phi) is 4.94. The van der Waals surface area contributed by atoms with Crippen LogP contribution in [0.4, 0.5) is 0 Å².